The van der Waals surface area contributed by atoms with Crippen LogP contribution in [0.5, 0.6) is 0 Å². The van der Waals surface area contributed by atoms with E-state index in [0.29, 0.717) is 16.9 Å². The molecule has 4 rings (SSSR count). The Morgan fingerprint density at radius 3 is 2.29 bits per heavy atom. The van der Waals surface area contributed by atoms with Gasteiger partial charge in [-0.2, -0.15) is 10.2 Å². The van der Waals surface area contributed by atoms with Crippen LogP contribution < -0.4 is 10.6 Å². The molecule has 0 bridgehead atoms. The number of aromatic nitrogens is 2. The lowest BCUT2D eigenvalue weighted by atomic mass is 10.1. The molecule has 172 valence electrons. The molecule has 0 aliphatic carbocycles. The summed E-state index contributed by atoms with van der Waals surface area (Å²) in [6, 6.07) is 20.4. The van der Waals surface area contributed by atoms with Gasteiger partial charge in [-0.3, -0.25) is 4.79 Å². The number of rotatable bonds is 6. The average Bonchev–Trinajstić information content (AvgIpc) is 3.26. The summed E-state index contributed by atoms with van der Waals surface area (Å²) in [6.07, 6.45) is 1.38. The molecule has 4 aromatic rings. The molecule has 0 unspecified atom stereocenters. The normalized spacial score (nSPS) is 11.6. The van der Waals surface area contributed by atoms with Gasteiger partial charge < -0.3 is 0 Å². The van der Waals surface area contributed by atoms with Crippen molar-refractivity contribution in [3.63, 3.8) is 0 Å². The fourth-order valence-corrected chi connectivity index (χ4v) is 3.84. The highest BCUT2D eigenvalue weighted by Crippen LogP contribution is 2.26. The number of nitrogens with two attached hydrogens (primary N) is 1. The number of amides is 1. The van der Waals surface area contributed by atoms with E-state index < -0.39 is 15.9 Å². The number of primary sulfonamides is 1. The van der Waals surface area contributed by atoms with Crippen molar-refractivity contribution < 1.29 is 17.6 Å². The van der Waals surface area contributed by atoms with Crippen molar-refractivity contribution in [3.8, 4) is 16.9 Å². The molecule has 34 heavy (non-hydrogen) atoms. The summed E-state index contributed by atoms with van der Waals surface area (Å²) in [7, 11) is -3.85. The van der Waals surface area contributed by atoms with E-state index in [2.05, 4.69) is 31.6 Å². The third kappa shape index (κ3) is 5.45. The first-order valence-electron chi connectivity index (χ1n) is 9.79. The summed E-state index contributed by atoms with van der Waals surface area (Å²) < 4.78 is 38.6. The van der Waals surface area contributed by atoms with E-state index in [4.69, 9.17) is 5.14 Å². The first kappa shape index (κ1) is 23.5. The molecule has 11 heteroatoms. The lowest BCUT2D eigenvalue weighted by Crippen LogP contribution is -2.18. The molecular formula is C23H17BrFN5O3S. The minimum absolute atomic E-state index is 0.0401. The Kier molecular flexibility index (Phi) is 6.68. The van der Waals surface area contributed by atoms with Crippen LogP contribution in [0.3, 0.4) is 0 Å². The lowest BCUT2D eigenvalue weighted by molar-refractivity contribution is 0.0949. The first-order chi connectivity index (χ1) is 16.2. The van der Waals surface area contributed by atoms with Gasteiger partial charge in [-0.1, -0.05) is 40.2 Å². The monoisotopic (exact) mass is 541 g/mol. The Morgan fingerprint density at radius 2 is 1.68 bits per heavy atom. The second-order valence-electron chi connectivity index (χ2n) is 7.12. The maximum absolute atomic E-state index is 13.0. The topological polar surface area (TPSA) is 119 Å². The van der Waals surface area contributed by atoms with Gasteiger partial charge in [-0.05, 0) is 60.2 Å². The zero-order valence-electron chi connectivity index (χ0n) is 17.4. The zero-order chi connectivity index (χ0) is 24.3. The van der Waals surface area contributed by atoms with Gasteiger partial charge in [0.1, 0.15) is 5.82 Å². The number of carbonyl (C=O) groups is 1. The molecule has 0 saturated heterocycles. The van der Waals surface area contributed by atoms with E-state index in [1.165, 1.54) is 47.3 Å². The van der Waals surface area contributed by atoms with Crippen LogP contribution in [0.1, 0.15) is 16.1 Å². The Bertz CT molecular complexity index is 1470. The molecule has 0 saturated carbocycles. The number of hydrazone groups is 1. The average molecular weight is 542 g/mol. The highest BCUT2D eigenvalue weighted by molar-refractivity contribution is 9.10. The van der Waals surface area contributed by atoms with Crippen LogP contribution in [0.15, 0.2) is 93.3 Å². The quantitative estimate of drug-likeness (QED) is 0.284. The standard InChI is InChI=1S/C23H17BrFN5O3S/c24-17-5-3-16(4-6-17)22-13-21(23(31)28-27-14-15-1-7-18(25)8-2-15)29-30(22)19-9-11-20(12-10-19)34(26,32)33/h1-14H,(H,28,31)(H2,26,32,33)/b27-14-. The van der Waals surface area contributed by atoms with Crippen molar-refractivity contribution in [3.05, 3.63) is 100 Å². The molecule has 8 nitrogen and oxygen atoms in total. The van der Waals surface area contributed by atoms with Crippen molar-refractivity contribution >= 4 is 38.1 Å². The van der Waals surface area contributed by atoms with Crippen LogP contribution in [0.25, 0.3) is 16.9 Å². The number of carbonyl (C=O) groups excluding carboxylic acids is 1. The van der Waals surface area contributed by atoms with Gasteiger partial charge in [0.05, 0.1) is 22.5 Å². The summed E-state index contributed by atoms with van der Waals surface area (Å²) in [5.41, 5.74) is 5.00. The van der Waals surface area contributed by atoms with E-state index in [9.17, 15) is 17.6 Å². The fourth-order valence-electron chi connectivity index (χ4n) is 3.06. The molecular weight excluding hydrogens is 525 g/mol. The van der Waals surface area contributed by atoms with Crippen molar-refractivity contribution in [2.24, 2.45) is 10.2 Å². The van der Waals surface area contributed by atoms with Crippen LogP contribution in [0, 0.1) is 5.82 Å². The largest absolute Gasteiger partial charge is 0.291 e. The summed E-state index contributed by atoms with van der Waals surface area (Å²) in [5, 5.41) is 13.5. The van der Waals surface area contributed by atoms with Gasteiger partial charge >= 0.3 is 0 Å². The second kappa shape index (κ2) is 9.67. The molecule has 0 aliphatic rings. The predicted octanol–water partition coefficient (Wildman–Crippen LogP) is 3.85. The van der Waals surface area contributed by atoms with Gasteiger partial charge in [-0.15, -0.1) is 0 Å². The molecule has 1 amide bonds. The molecule has 1 heterocycles. The van der Waals surface area contributed by atoms with E-state index in [1.54, 1.807) is 18.2 Å². The molecule has 1 aromatic heterocycles. The Balaban J connectivity index is 1.66. The van der Waals surface area contributed by atoms with E-state index >= 15 is 0 Å². The van der Waals surface area contributed by atoms with Crippen molar-refractivity contribution in [2.75, 3.05) is 0 Å². The number of halogens is 2. The summed E-state index contributed by atoms with van der Waals surface area (Å²) in [5.74, 6) is -0.930. The van der Waals surface area contributed by atoms with Gasteiger partial charge in [0.15, 0.2) is 5.69 Å². The smallest absolute Gasteiger partial charge is 0.265 e. The number of nitrogens with zero attached hydrogens (tertiary/aromatic N) is 3. The number of hydrogen-bond donors (Lipinski definition) is 2. The van der Waals surface area contributed by atoms with Gasteiger partial charge in [0.2, 0.25) is 10.0 Å². The maximum atomic E-state index is 13.0. The van der Waals surface area contributed by atoms with Crippen molar-refractivity contribution in [1.29, 1.82) is 0 Å². The number of hydrogen-bond acceptors (Lipinski definition) is 5. The van der Waals surface area contributed by atoms with Crippen LogP contribution in [-0.4, -0.2) is 30.3 Å². The van der Waals surface area contributed by atoms with E-state index in [1.807, 2.05) is 24.3 Å². The molecule has 0 spiro atoms. The predicted molar refractivity (Wildman–Crippen MR) is 130 cm³/mol. The van der Waals surface area contributed by atoms with Gasteiger partial charge in [-0.25, -0.2) is 28.1 Å². The molecule has 3 N–H and O–H groups in total. The fraction of sp³-hybridized carbons (Fsp3) is 0. The molecule has 0 fully saturated rings. The maximum Gasteiger partial charge on any atom is 0.291 e. The van der Waals surface area contributed by atoms with Crippen molar-refractivity contribution in [2.45, 2.75) is 4.90 Å². The highest BCUT2D eigenvalue weighted by Gasteiger charge is 2.17. The summed E-state index contributed by atoms with van der Waals surface area (Å²) in [6.45, 7) is 0. The number of nitrogens with one attached hydrogen (secondary N) is 1. The molecule has 3 aromatic carbocycles. The molecule has 0 radical (unpaired) electrons. The minimum Gasteiger partial charge on any atom is -0.265 e. The summed E-state index contributed by atoms with van der Waals surface area (Å²) in [4.78, 5) is 12.7. The first-order valence-corrected chi connectivity index (χ1v) is 12.1. The third-order valence-electron chi connectivity index (χ3n) is 4.74. The molecule has 0 atom stereocenters. The van der Waals surface area contributed by atoms with Crippen LogP contribution in [-0.2, 0) is 10.0 Å². The van der Waals surface area contributed by atoms with Crippen LogP contribution in [0.4, 0.5) is 4.39 Å². The minimum atomic E-state index is -3.85. The zero-order valence-corrected chi connectivity index (χ0v) is 19.8. The Morgan fingerprint density at radius 1 is 1.03 bits per heavy atom. The van der Waals surface area contributed by atoms with Gasteiger partial charge in [0, 0.05) is 10.0 Å². The Labute approximate surface area is 203 Å². The lowest BCUT2D eigenvalue weighted by Gasteiger charge is -2.08. The summed E-state index contributed by atoms with van der Waals surface area (Å²) >= 11 is 3.40. The second-order valence-corrected chi connectivity index (χ2v) is 9.60. The van der Waals surface area contributed by atoms with Crippen LogP contribution in [0.2, 0.25) is 0 Å². The number of benzene rings is 3. The van der Waals surface area contributed by atoms with Crippen LogP contribution >= 0.6 is 15.9 Å². The van der Waals surface area contributed by atoms with E-state index in [-0.39, 0.29) is 16.4 Å². The van der Waals surface area contributed by atoms with Gasteiger partial charge in [0.25, 0.3) is 5.91 Å². The molecule has 0 aliphatic heterocycles. The SMILES string of the molecule is NS(=O)(=O)c1ccc(-n2nc(C(=O)N/N=C\c3ccc(F)cc3)cc2-c2ccc(Br)cc2)cc1. The van der Waals surface area contributed by atoms with Crippen molar-refractivity contribution in [1.82, 2.24) is 15.2 Å². The third-order valence-corrected chi connectivity index (χ3v) is 6.20. The highest BCUT2D eigenvalue weighted by atomic mass is 79.9. The van der Waals surface area contributed by atoms with E-state index in [0.717, 1.165) is 10.0 Å². The Hall–Kier alpha value is -3.67. The number of sulfonamides is 1.